The number of rotatable bonds is 6. The van der Waals surface area contributed by atoms with E-state index in [4.69, 9.17) is 4.74 Å². The van der Waals surface area contributed by atoms with Crippen molar-refractivity contribution >= 4 is 23.4 Å². The second-order valence-electron chi connectivity index (χ2n) is 8.27. The van der Waals surface area contributed by atoms with E-state index in [1.165, 1.54) is 0 Å². The van der Waals surface area contributed by atoms with Crippen LogP contribution in [-0.2, 0) is 9.53 Å². The molecule has 0 atom stereocenters. The summed E-state index contributed by atoms with van der Waals surface area (Å²) in [7, 11) is 0. The van der Waals surface area contributed by atoms with E-state index in [1.807, 2.05) is 49.4 Å². The third-order valence-electron chi connectivity index (χ3n) is 6.03. The molecule has 1 aliphatic rings. The molecule has 1 N–H and O–H groups in total. The lowest BCUT2D eigenvalue weighted by atomic mass is 9.97. The molecule has 2 aromatic carbocycles. The monoisotopic (exact) mass is 443 g/mol. The van der Waals surface area contributed by atoms with Crippen molar-refractivity contribution in [1.82, 2.24) is 4.98 Å². The van der Waals surface area contributed by atoms with E-state index in [9.17, 15) is 9.59 Å². The number of hydrogen-bond acceptors (Lipinski definition) is 5. The van der Waals surface area contributed by atoms with Crippen molar-refractivity contribution in [1.29, 1.82) is 0 Å². The van der Waals surface area contributed by atoms with Crippen molar-refractivity contribution in [2.24, 2.45) is 5.92 Å². The molecule has 1 aromatic heterocycles. The van der Waals surface area contributed by atoms with E-state index in [-0.39, 0.29) is 17.8 Å². The number of amides is 1. The van der Waals surface area contributed by atoms with Gasteiger partial charge in [-0.25, -0.2) is 4.98 Å². The van der Waals surface area contributed by atoms with Crippen LogP contribution in [0.2, 0.25) is 0 Å². The predicted molar refractivity (Wildman–Crippen MR) is 130 cm³/mol. The first kappa shape index (κ1) is 22.5. The third kappa shape index (κ3) is 5.40. The van der Waals surface area contributed by atoms with E-state index in [1.54, 1.807) is 12.3 Å². The van der Waals surface area contributed by atoms with Crippen molar-refractivity contribution in [3.05, 3.63) is 78.0 Å². The lowest BCUT2D eigenvalue weighted by Crippen LogP contribution is -2.37. The summed E-state index contributed by atoms with van der Waals surface area (Å²) in [6, 6.07) is 19.7. The molecule has 1 amide bonds. The van der Waals surface area contributed by atoms with E-state index in [2.05, 4.69) is 34.3 Å². The molecule has 1 aliphatic heterocycles. The van der Waals surface area contributed by atoms with Gasteiger partial charge in [-0.05, 0) is 67.6 Å². The Balaban J connectivity index is 1.39. The minimum absolute atomic E-state index is 0.0402. The van der Waals surface area contributed by atoms with Crippen LogP contribution in [-0.4, -0.2) is 36.6 Å². The van der Waals surface area contributed by atoms with Gasteiger partial charge < -0.3 is 15.0 Å². The number of benzene rings is 2. The Bertz CT molecular complexity index is 1110. The van der Waals surface area contributed by atoms with E-state index < -0.39 is 0 Å². The summed E-state index contributed by atoms with van der Waals surface area (Å²) in [5.41, 5.74) is 4.60. The van der Waals surface area contributed by atoms with E-state index >= 15 is 0 Å². The Morgan fingerprint density at radius 2 is 1.82 bits per heavy atom. The van der Waals surface area contributed by atoms with Gasteiger partial charge in [0.2, 0.25) is 0 Å². The maximum absolute atomic E-state index is 12.8. The fourth-order valence-corrected chi connectivity index (χ4v) is 4.14. The van der Waals surface area contributed by atoms with Crippen LogP contribution in [0.25, 0.3) is 11.1 Å². The van der Waals surface area contributed by atoms with E-state index in [0.717, 1.165) is 54.1 Å². The topological polar surface area (TPSA) is 71.5 Å². The zero-order valence-electron chi connectivity index (χ0n) is 19.1. The Morgan fingerprint density at radius 1 is 1.06 bits per heavy atom. The first-order valence-corrected chi connectivity index (χ1v) is 11.4. The maximum atomic E-state index is 12.8. The van der Waals surface area contributed by atoms with Crippen LogP contribution in [0.5, 0.6) is 0 Å². The normalized spacial score (nSPS) is 14.1. The first-order valence-electron chi connectivity index (χ1n) is 11.4. The average molecular weight is 444 g/mol. The number of aromatic nitrogens is 1. The molecular formula is C27H29N3O3. The molecule has 0 radical (unpaired) electrons. The lowest BCUT2D eigenvalue weighted by Gasteiger charge is -2.31. The molecule has 0 spiro atoms. The number of anilines is 2. The summed E-state index contributed by atoms with van der Waals surface area (Å²) >= 11 is 0. The van der Waals surface area contributed by atoms with Gasteiger partial charge in [0.1, 0.15) is 5.82 Å². The van der Waals surface area contributed by atoms with Crippen LogP contribution >= 0.6 is 0 Å². The predicted octanol–water partition coefficient (Wildman–Crippen LogP) is 5.09. The average Bonchev–Trinajstić information content (AvgIpc) is 2.86. The Kier molecular flexibility index (Phi) is 7.03. The third-order valence-corrected chi connectivity index (χ3v) is 6.03. The number of carbonyl (C=O) groups is 2. The summed E-state index contributed by atoms with van der Waals surface area (Å²) in [6.07, 6.45) is 3.11. The van der Waals surface area contributed by atoms with Crippen molar-refractivity contribution in [3.8, 4) is 11.1 Å². The molecule has 33 heavy (non-hydrogen) atoms. The van der Waals surface area contributed by atoms with Crippen molar-refractivity contribution in [3.63, 3.8) is 0 Å². The Hall–Kier alpha value is -3.67. The molecule has 2 heterocycles. The summed E-state index contributed by atoms with van der Waals surface area (Å²) in [6.45, 7) is 5.80. The first-order chi connectivity index (χ1) is 16.0. The number of piperidine rings is 1. The molecular weight excluding hydrogens is 414 g/mol. The van der Waals surface area contributed by atoms with Gasteiger partial charge in [0.25, 0.3) is 5.91 Å². The summed E-state index contributed by atoms with van der Waals surface area (Å²) in [4.78, 5) is 31.4. The van der Waals surface area contributed by atoms with Gasteiger partial charge >= 0.3 is 5.97 Å². The Labute approximate surface area is 194 Å². The standard InChI is InChI=1S/C27H29N3O3/c1-3-33-27(32)21-13-15-30(16-14-21)25-12-10-22(18-28-25)26(31)29-23-11-9-19(2)24(17-23)20-7-5-4-6-8-20/h4-12,17-18,21H,3,13-16H2,1-2H3,(H,29,31). The van der Waals surface area contributed by atoms with Gasteiger partial charge in [-0.2, -0.15) is 0 Å². The molecule has 6 heteroatoms. The number of ether oxygens (including phenoxy) is 1. The largest absolute Gasteiger partial charge is 0.466 e. The van der Waals surface area contributed by atoms with Crippen molar-refractivity contribution < 1.29 is 14.3 Å². The molecule has 1 fully saturated rings. The molecule has 4 rings (SSSR count). The number of nitrogens with zero attached hydrogens (tertiary/aromatic N) is 2. The molecule has 170 valence electrons. The molecule has 3 aromatic rings. The number of esters is 1. The number of nitrogens with one attached hydrogen (secondary N) is 1. The fourth-order valence-electron chi connectivity index (χ4n) is 4.14. The van der Waals surface area contributed by atoms with Crippen LogP contribution in [0.3, 0.4) is 0 Å². The molecule has 0 bridgehead atoms. The Morgan fingerprint density at radius 3 is 2.48 bits per heavy atom. The van der Waals surface area contributed by atoms with Crippen LogP contribution in [0.1, 0.15) is 35.7 Å². The number of carbonyl (C=O) groups excluding carboxylic acids is 2. The van der Waals surface area contributed by atoms with Crippen molar-refractivity contribution in [2.45, 2.75) is 26.7 Å². The number of pyridine rings is 1. The highest BCUT2D eigenvalue weighted by Gasteiger charge is 2.26. The van der Waals surface area contributed by atoms with Gasteiger partial charge in [0.15, 0.2) is 0 Å². The molecule has 1 saturated heterocycles. The molecule has 0 unspecified atom stereocenters. The summed E-state index contributed by atoms with van der Waals surface area (Å²) < 4.78 is 5.13. The summed E-state index contributed by atoms with van der Waals surface area (Å²) in [5, 5.41) is 2.98. The zero-order chi connectivity index (χ0) is 23.2. The SMILES string of the molecule is CCOC(=O)C1CCN(c2ccc(C(=O)Nc3ccc(C)c(-c4ccccc4)c3)cn2)CC1. The van der Waals surface area contributed by atoms with Crippen LogP contribution in [0.4, 0.5) is 11.5 Å². The smallest absolute Gasteiger partial charge is 0.309 e. The van der Waals surface area contributed by atoms with E-state index in [0.29, 0.717) is 12.2 Å². The number of hydrogen-bond donors (Lipinski definition) is 1. The van der Waals surface area contributed by atoms with Crippen LogP contribution in [0, 0.1) is 12.8 Å². The summed E-state index contributed by atoms with van der Waals surface area (Å²) in [5.74, 6) is 0.471. The van der Waals surface area contributed by atoms with Gasteiger partial charge in [-0.1, -0.05) is 36.4 Å². The molecule has 0 aliphatic carbocycles. The highest BCUT2D eigenvalue weighted by Crippen LogP contribution is 2.27. The number of aryl methyl sites for hydroxylation is 1. The lowest BCUT2D eigenvalue weighted by molar-refractivity contribution is -0.148. The zero-order valence-corrected chi connectivity index (χ0v) is 19.1. The molecule has 6 nitrogen and oxygen atoms in total. The highest BCUT2D eigenvalue weighted by atomic mass is 16.5. The minimum Gasteiger partial charge on any atom is -0.466 e. The maximum Gasteiger partial charge on any atom is 0.309 e. The van der Waals surface area contributed by atoms with Gasteiger partial charge in [0, 0.05) is 25.0 Å². The second-order valence-corrected chi connectivity index (χ2v) is 8.27. The van der Waals surface area contributed by atoms with Crippen molar-refractivity contribution in [2.75, 3.05) is 29.9 Å². The van der Waals surface area contributed by atoms with Gasteiger partial charge in [0.05, 0.1) is 18.1 Å². The van der Waals surface area contributed by atoms with Gasteiger partial charge in [-0.15, -0.1) is 0 Å². The minimum atomic E-state index is -0.196. The quantitative estimate of drug-likeness (QED) is 0.538. The van der Waals surface area contributed by atoms with Gasteiger partial charge in [-0.3, -0.25) is 9.59 Å². The van der Waals surface area contributed by atoms with Crippen LogP contribution in [0.15, 0.2) is 66.9 Å². The molecule has 0 saturated carbocycles. The highest BCUT2D eigenvalue weighted by molar-refractivity contribution is 6.04. The fraction of sp³-hybridized carbons (Fsp3) is 0.296. The second kappa shape index (κ2) is 10.3. The van der Waals surface area contributed by atoms with Crippen LogP contribution < -0.4 is 10.2 Å².